The molecule has 1 rings (SSSR count). The molecule has 1 saturated heterocycles. The summed E-state index contributed by atoms with van der Waals surface area (Å²) in [4.78, 5) is 0. The van der Waals surface area contributed by atoms with Gasteiger partial charge in [0, 0.05) is 25.2 Å². The average Bonchev–Trinajstić information content (AvgIpc) is 2.14. The van der Waals surface area contributed by atoms with Gasteiger partial charge in [-0.05, 0) is 40.2 Å². The molecular weight excluding hydrogens is 226 g/mol. The molecule has 0 spiro atoms. The van der Waals surface area contributed by atoms with Crippen molar-refractivity contribution in [2.45, 2.75) is 45.2 Å². The van der Waals surface area contributed by atoms with Crippen LogP contribution in [-0.2, 0) is 10.2 Å². The number of likely N-dealkylation sites (N-methyl/N-ethyl adjacent to an activating group) is 1. The zero-order chi connectivity index (χ0) is 12.4. The van der Waals surface area contributed by atoms with Gasteiger partial charge in [0.15, 0.2) is 0 Å². The monoisotopic (exact) mass is 249 g/mol. The molecule has 96 valence electrons. The minimum atomic E-state index is -3.37. The topological polar surface area (TPSA) is 61.4 Å². The van der Waals surface area contributed by atoms with Crippen molar-refractivity contribution in [3.63, 3.8) is 0 Å². The Balaban J connectivity index is 2.67. The van der Waals surface area contributed by atoms with Gasteiger partial charge < -0.3 is 5.32 Å². The number of hydrogen-bond acceptors (Lipinski definition) is 3. The van der Waals surface area contributed by atoms with E-state index >= 15 is 0 Å². The summed E-state index contributed by atoms with van der Waals surface area (Å²) in [7, 11) is -1.73. The molecule has 0 aromatic carbocycles. The van der Waals surface area contributed by atoms with E-state index in [4.69, 9.17) is 0 Å². The molecule has 1 aliphatic heterocycles. The maximum atomic E-state index is 12.0. The first-order chi connectivity index (χ1) is 7.22. The van der Waals surface area contributed by atoms with Gasteiger partial charge in [-0.15, -0.1) is 0 Å². The summed E-state index contributed by atoms with van der Waals surface area (Å²) in [6.07, 6.45) is 1.95. The van der Waals surface area contributed by atoms with Crippen molar-refractivity contribution in [3.05, 3.63) is 0 Å². The largest absolute Gasteiger partial charge is 0.315 e. The molecule has 0 radical (unpaired) electrons. The third kappa shape index (κ3) is 4.01. The lowest BCUT2D eigenvalue weighted by molar-refractivity contribution is 0.292. The van der Waals surface area contributed by atoms with E-state index in [1.54, 1.807) is 7.05 Å². The summed E-state index contributed by atoms with van der Waals surface area (Å²) in [5.41, 5.74) is -0.435. The van der Waals surface area contributed by atoms with Gasteiger partial charge >= 0.3 is 0 Å². The van der Waals surface area contributed by atoms with Crippen LogP contribution >= 0.6 is 0 Å². The van der Waals surface area contributed by atoms with Crippen LogP contribution in [0.3, 0.4) is 0 Å². The van der Waals surface area contributed by atoms with Crippen LogP contribution in [0.2, 0.25) is 0 Å². The molecule has 0 amide bonds. The van der Waals surface area contributed by atoms with Crippen LogP contribution in [0.5, 0.6) is 0 Å². The summed E-state index contributed by atoms with van der Waals surface area (Å²) in [6, 6.07) is 0.0635. The fourth-order valence-electron chi connectivity index (χ4n) is 1.80. The predicted molar refractivity (Wildman–Crippen MR) is 65.5 cm³/mol. The highest BCUT2D eigenvalue weighted by Crippen LogP contribution is 2.13. The fraction of sp³-hybridized carbons (Fsp3) is 1.00. The second kappa shape index (κ2) is 5.00. The van der Waals surface area contributed by atoms with Crippen LogP contribution < -0.4 is 10.0 Å². The van der Waals surface area contributed by atoms with Gasteiger partial charge in [0.1, 0.15) is 0 Å². The predicted octanol–water partition coefficient (Wildman–Crippen LogP) is 0.303. The fourth-order valence-corrected chi connectivity index (χ4v) is 3.29. The van der Waals surface area contributed by atoms with Crippen molar-refractivity contribution < 1.29 is 8.42 Å². The van der Waals surface area contributed by atoms with E-state index in [9.17, 15) is 8.42 Å². The molecule has 1 fully saturated rings. The number of piperidine rings is 1. The van der Waals surface area contributed by atoms with Gasteiger partial charge in [-0.3, -0.25) is 0 Å². The normalized spacial score (nSPS) is 23.7. The highest BCUT2D eigenvalue weighted by molar-refractivity contribution is 7.87. The summed E-state index contributed by atoms with van der Waals surface area (Å²) in [6.45, 7) is 7.26. The standard InChI is InChI=1S/C10H23N3O2S/c1-10(2,3)12-16(14,15)13(4)9-6-5-7-11-8-9/h9,11-12H,5-8H2,1-4H3. The molecule has 1 unspecified atom stereocenters. The second-order valence-corrected chi connectivity index (χ2v) is 7.10. The Kier molecular flexibility index (Phi) is 4.34. The van der Waals surface area contributed by atoms with Crippen LogP contribution in [0.4, 0.5) is 0 Å². The molecule has 0 bridgehead atoms. The number of nitrogens with one attached hydrogen (secondary N) is 2. The zero-order valence-corrected chi connectivity index (χ0v) is 11.4. The smallest absolute Gasteiger partial charge is 0.279 e. The average molecular weight is 249 g/mol. The molecule has 0 saturated carbocycles. The van der Waals surface area contributed by atoms with Gasteiger partial charge in [0.25, 0.3) is 10.2 Å². The quantitative estimate of drug-likeness (QED) is 0.756. The molecule has 1 aliphatic rings. The third-order valence-corrected chi connectivity index (χ3v) is 4.53. The number of rotatable bonds is 3. The molecule has 1 heterocycles. The first-order valence-corrected chi connectivity index (χ1v) is 7.14. The van der Waals surface area contributed by atoms with Gasteiger partial charge in [-0.25, -0.2) is 0 Å². The second-order valence-electron chi connectivity index (χ2n) is 5.37. The van der Waals surface area contributed by atoms with E-state index in [2.05, 4.69) is 10.0 Å². The Morgan fingerprint density at radius 1 is 1.38 bits per heavy atom. The molecule has 0 aromatic rings. The lowest BCUT2D eigenvalue weighted by Crippen LogP contribution is -2.54. The van der Waals surface area contributed by atoms with E-state index in [-0.39, 0.29) is 6.04 Å². The third-order valence-electron chi connectivity index (χ3n) is 2.60. The van der Waals surface area contributed by atoms with Gasteiger partial charge in [-0.1, -0.05) is 0 Å². The first-order valence-electron chi connectivity index (χ1n) is 5.70. The lowest BCUT2D eigenvalue weighted by atomic mass is 10.1. The first kappa shape index (κ1) is 13.9. The molecule has 6 heteroatoms. The Morgan fingerprint density at radius 2 is 2.00 bits per heavy atom. The number of nitrogens with zero attached hydrogens (tertiary/aromatic N) is 1. The van der Waals surface area contributed by atoms with Gasteiger partial charge in [0.05, 0.1) is 0 Å². The van der Waals surface area contributed by atoms with Crippen molar-refractivity contribution in [2.24, 2.45) is 0 Å². The minimum Gasteiger partial charge on any atom is -0.315 e. The van der Waals surface area contributed by atoms with Gasteiger partial charge in [0.2, 0.25) is 0 Å². The Hall–Kier alpha value is -0.170. The van der Waals surface area contributed by atoms with Crippen LogP contribution in [0.25, 0.3) is 0 Å². The summed E-state index contributed by atoms with van der Waals surface area (Å²) < 4.78 is 28.2. The van der Waals surface area contributed by atoms with Gasteiger partial charge in [-0.2, -0.15) is 17.4 Å². The molecule has 1 atom stereocenters. The SMILES string of the molecule is CN(C1CCCNC1)S(=O)(=O)NC(C)(C)C. The highest BCUT2D eigenvalue weighted by atomic mass is 32.2. The van der Waals surface area contributed by atoms with Crippen molar-refractivity contribution in [2.75, 3.05) is 20.1 Å². The van der Waals surface area contributed by atoms with Crippen LogP contribution in [0.15, 0.2) is 0 Å². The molecule has 2 N–H and O–H groups in total. The molecule has 16 heavy (non-hydrogen) atoms. The lowest BCUT2D eigenvalue weighted by Gasteiger charge is -2.33. The van der Waals surface area contributed by atoms with E-state index < -0.39 is 15.7 Å². The van der Waals surface area contributed by atoms with Crippen LogP contribution in [0.1, 0.15) is 33.6 Å². The Bertz CT molecular complexity index is 315. The van der Waals surface area contributed by atoms with Crippen molar-refractivity contribution in [1.29, 1.82) is 0 Å². The summed E-state index contributed by atoms with van der Waals surface area (Å²) >= 11 is 0. The maximum Gasteiger partial charge on any atom is 0.279 e. The van der Waals surface area contributed by atoms with E-state index in [1.165, 1.54) is 4.31 Å². The molecule has 0 aromatic heterocycles. The van der Waals surface area contributed by atoms with E-state index in [0.29, 0.717) is 0 Å². The van der Waals surface area contributed by atoms with E-state index in [0.717, 1.165) is 25.9 Å². The van der Waals surface area contributed by atoms with Crippen molar-refractivity contribution in [1.82, 2.24) is 14.3 Å². The van der Waals surface area contributed by atoms with E-state index in [1.807, 2.05) is 20.8 Å². The maximum absolute atomic E-state index is 12.0. The Morgan fingerprint density at radius 3 is 2.44 bits per heavy atom. The zero-order valence-electron chi connectivity index (χ0n) is 10.6. The van der Waals surface area contributed by atoms with Crippen LogP contribution in [-0.4, -0.2) is 44.4 Å². The van der Waals surface area contributed by atoms with Crippen molar-refractivity contribution >= 4 is 10.2 Å². The van der Waals surface area contributed by atoms with Crippen molar-refractivity contribution in [3.8, 4) is 0 Å². The molecule has 0 aliphatic carbocycles. The Labute approximate surface area is 98.8 Å². The highest BCUT2D eigenvalue weighted by Gasteiger charge is 2.30. The number of hydrogen-bond donors (Lipinski definition) is 2. The van der Waals surface area contributed by atoms with Crippen LogP contribution in [0, 0.1) is 0 Å². The summed E-state index contributed by atoms with van der Waals surface area (Å²) in [5.74, 6) is 0. The molecular formula is C10H23N3O2S. The summed E-state index contributed by atoms with van der Waals surface area (Å²) in [5, 5.41) is 3.22. The minimum absolute atomic E-state index is 0.0635. The molecule has 5 nitrogen and oxygen atoms in total.